The number of nitrogens with zero attached hydrogens (tertiary/aromatic N) is 6. The van der Waals surface area contributed by atoms with Gasteiger partial charge in [0.1, 0.15) is 64.3 Å². The van der Waals surface area contributed by atoms with Crippen molar-refractivity contribution in [1.29, 1.82) is 0 Å². The van der Waals surface area contributed by atoms with E-state index in [9.17, 15) is 43.2 Å². The summed E-state index contributed by atoms with van der Waals surface area (Å²) in [5, 5.41) is -0.541. The van der Waals surface area contributed by atoms with Crippen molar-refractivity contribution in [3.63, 3.8) is 0 Å². The van der Waals surface area contributed by atoms with E-state index in [1.807, 2.05) is 57.4 Å². The fourth-order valence-electron chi connectivity index (χ4n) is 15.3. The van der Waals surface area contributed by atoms with E-state index >= 15 is 0 Å². The van der Waals surface area contributed by atoms with Gasteiger partial charge >= 0.3 is 35.8 Å². The standard InChI is InChI=1S/C39H74N2O5S.C36H68N2O5S.C35H66N2O5S/c1-6-11-14-17-20-23-27-32-45-37(42)34-41(39(44)47-33-28-26-31-40(9-4)10-5)35-38(43)46-36(29-24-21-18-15-12-7-2)30-25-22-19-16-13-8-3;1-6-9-12-15-16-19-22-30-42-34(39)27-23-29-38(36(41)44-31-24-28-37(4)5)32-35(40)43-33(25-20-17-13-10-7-2)26-21-18-14-11-8-3;1-6-9-12-15-16-19-22-29-41-33(38)26-23-27-37(35(40)43-30-28-36(4)5)31-34(39)42-32(24-20-17-13-10-7-2)25-21-18-14-11-8-3/h23,27,36H,6-22,24-26,28-35H2,1-5H3;19,22,33H,6-18,20-21,23-32H2,1-5H3;19,22,32H,6-18,20-21,23-31H2,1-5H3/b27-23-;2*22-19-. The zero-order valence-corrected chi connectivity index (χ0v) is 91.6. The SMILES string of the molecule is CCCCCC/C=C\COC(=O)CCCN(CC(=O)OC(CCCCCCC)CCCCCCC)C(=O)SCCCN(C)C.CCCCCC/C=C\COC(=O)CCCN(CC(=O)OC(CCCCCCC)CCCCCCC)C(=O)SCCN(C)C.CCCCCC/C=C\COC(=O)CN(CC(=O)OC(CCCCCCCC)CCCCCCCC)C(=O)SCCCCN(CC)CC. The Bertz CT molecular complexity index is 2750. The maximum absolute atomic E-state index is 13.3. The summed E-state index contributed by atoms with van der Waals surface area (Å²) >= 11 is 3.64. The summed E-state index contributed by atoms with van der Waals surface area (Å²) < 4.78 is 34.0. The maximum atomic E-state index is 13.3. The molecule has 786 valence electrons. The molecule has 0 aromatic carbocycles. The van der Waals surface area contributed by atoms with Gasteiger partial charge in [-0.1, -0.05) is 373 Å². The first-order valence-corrected chi connectivity index (χ1v) is 57.8. The quantitative estimate of drug-likeness (QED) is 0.0238. The summed E-state index contributed by atoms with van der Waals surface area (Å²) in [6.07, 6.45) is 76.4. The van der Waals surface area contributed by atoms with Crippen molar-refractivity contribution in [3.05, 3.63) is 36.5 Å². The topological polar surface area (TPSA) is 228 Å². The lowest BCUT2D eigenvalue weighted by Gasteiger charge is -2.24. The Balaban J connectivity index is -0.00000192. The Kier molecular flexibility index (Phi) is 104. The van der Waals surface area contributed by atoms with Crippen LogP contribution in [0.3, 0.4) is 0 Å². The second-order valence-corrected chi connectivity index (χ2v) is 40.4. The van der Waals surface area contributed by atoms with Gasteiger partial charge in [0.25, 0.3) is 15.7 Å². The third-order valence-electron chi connectivity index (χ3n) is 23.8. The van der Waals surface area contributed by atoms with Crippen LogP contribution >= 0.6 is 35.3 Å². The van der Waals surface area contributed by atoms with Crippen LogP contribution in [-0.2, 0) is 57.2 Å². The highest BCUT2D eigenvalue weighted by atomic mass is 32.2. The number of amides is 3. The van der Waals surface area contributed by atoms with E-state index in [4.69, 9.17) is 28.4 Å². The molecule has 0 spiro atoms. The van der Waals surface area contributed by atoms with Crippen molar-refractivity contribution in [2.24, 2.45) is 0 Å². The molecule has 0 heterocycles. The van der Waals surface area contributed by atoms with Gasteiger partial charge in [0, 0.05) is 49.7 Å². The normalized spacial score (nSPS) is 11.5. The predicted molar refractivity (Wildman–Crippen MR) is 571 cm³/mol. The number of ether oxygens (including phenoxy) is 6. The number of esters is 6. The molecule has 24 heteroatoms. The van der Waals surface area contributed by atoms with E-state index in [1.54, 1.807) is 9.80 Å². The van der Waals surface area contributed by atoms with Crippen LogP contribution < -0.4 is 0 Å². The van der Waals surface area contributed by atoms with Crippen LogP contribution in [0, 0.1) is 0 Å². The Morgan fingerprint density at radius 3 is 0.806 bits per heavy atom. The molecule has 0 rings (SSSR count). The summed E-state index contributed by atoms with van der Waals surface area (Å²) in [7, 11) is 7.97. The summed E-state index contributed by atoms with van der Waals surface area (Å²) in [6, 6.07) is 0. The summed E-state index contributed by atoms with van der Waals surface area (Å²) in [5.74, 6) is -0.193. The van der Waals surface area contributed by atoms with Gasteiger partial charge in [-0.3, -0.25) is 43.2 Å². The number of carbonyl (C=O) groups excluding carboxylic acids is 9. The highest BCUT2D eigenvalue weighted by Gasteiger charge is 2.27. The molecular formula is C110H208N6O15S3. The van der Waals surface area contributed by atoms with Crippen LogP contribution in [0.2, 0.25) is 0 Å². The molecule has 0 saturated heterocycles. The number of hydrogen-bond acceptors (Lipinski definition) is 21. The molecular weight excluding hydrogens is 1740 g/mol. The van der Waals surface area contributed by atoms with E-state index < -0.39 is 11.9 Å². The molecule has 0 atom stereocenters. The number of thioether (sulfide) groups is 3. The van der Waals surface area contributed by atoms with Crippen LogP contribution in [-0.4, -0.2) is 237 Å². The second-order valence-electron chi connectivity index (χ2n) is 37.2. The Morgan fingerprint density at radius 2 is 0.500 bits per heavy atom. The van der Waals surface area contributed by atoms with Crippen LogP contribution in [0.5, 0.6) is 0 Å². The van der Waals surface area contributed by atoms with Crippen LogP contribution in [0.25, 0.3) is 0 Å². The predicted octanol–water partition coefficient (Wildman–Crippen LogP) is 29.5. The van der Waals surface area contributed by atoms with Crippen molar-refractivity contribution in [2.45, 2.75) is 480 Å². The van der Waals surface area contributed by atoms with Crippen LogP contribution in [0.15, 0.2) is 36.5 Å². The monoisotopic (exact) mass is 1950 g/mol. The van der Waals surface area contributed by atoms with Crippen molar-refractivity contribution in [3.8, 4) is 0 Å². The average molecular weight is 1950 g/mol. The van der Waals surface area contributed by atoms with Gasteiger partial charge in [0.2, 0.25) is 0 Å². The van der Waals surface area contributed by atoms with E-state index in [1.165, 1.54) is 226 Å². The minimum absolute atomic E-state index is 0.0719. The molecule has 0 fully saturated rings. The lowest BCUT2D eigenvalue weighted by Crippen LogP contribution is -2.39. The van der Waals surface area contributed by atoms with E-state index in [0.29, 0.717) is 43.2 Å². The van der Waals surface area contributed by atoms with Crippen molar-refractivity contribution < 1.29 is 71.6 Å². The van der Waals surface area contributed by atoms with E-state index in [0.717, 1.165) is 206 Å². The first kappa shape index (κ1) is 134. The Labute approximate surface area is 836 Å². The van der Waals surface area contributed by atoms with Gasteiger partial charge in [-0.05, 0) is 202 Å². The first-order valence-electron chi connectivity index (χ1n) is 54.9. The number of hydrogen-bond donors (Lipinski definition) is 0. The van der Waals surface area contributed by atoms with E-state index in [-0.39, 0.29) is 117 Å². The molecule has 0 radical (unpaired) electrons. The number of unbranched alkanes of at least 4 members (excludes halogenated alkanes) is 39. The molecule has 0 bridgehead atoms. The fourth-order valence-corrected chi connectivity index (χ4v) is 17.9. The summed E-state index contributed by atoms with van der Waals surface area (Å²) in [6.45, 7) is 29.7. The lowest BCUT2D eigenvalue weighted by atomic mass is 10.0. The minimum Gasteiger partial charge on any atom is -0.461 e. The molecule has 134 heavy (non-hydrogen) atoms. The molecule has 21 nitrogen and oxygen atoms in total. The largest absolute Gasteiger partial charge is 0.461 e. The van der Waals surface area contributed by atoms with Gasteiger partial charge < -0.3 is 57.8 Å². The Hall–Kier alpha value is -4.62. The highest BCUT2D eigenvalue weighted by molar-refractivity contribution is 8.14. The third-order valence-corrected chi connectivity index (χ3v) is 26.7. The molecule has 0 aliphatic carbocycles. The molecule has 0 aromatic rings. The number of rotatable bonds is 92. The molecule has 0 unspecified atom stereocenters. The van der Waals surface area contributed by atoms with Gasteiger partial charge in [-0.15, -0.1) is 0 Å². The van der Waals surface area contributed by atoms with Gasteiger partial charge in [0.15, 0.2) is 0 Å². The lowest BCUT2D eigenvalue weighted by molar-refractivity contribution is -0.152. The maximum Gasteiger partial charge on any atom is 0.326 e. The molecule has 0 N–H and O–H groups in total. The van der Waals surface area contributed by atoms with Crippen LogP contribution in [0.4, 0.5) is 14.4 Å². The van der Waals surface area contributed by atoms with E-state index in [2.05, 4.69) is 98.1 Å². The van der Waals surface area contributed by atoms with Crippen LogP contribution in [0.1, 0.15) is 461 Å². The summed E-state index contributed by atoms with van der Waals surface area (Å²) in [4.78, 5) is 127. The minimum atomic E-state index is -0.500. The number of carbonyl (C=O) groups is 9. The van der Waals surface area contributed by atoms with Crippen molar-refractivity contribution in [2.75, 3.05) is 137 Å². The van der Waals surface area contributed by atoms with Gasteiger partial charge in [-0.25, -0.2) is 0 Å². The Morgan fingerprint density at radius 1 is 0.239 bits per heavy atom. The zero-order chi connectivity index (χ0) is 99.4. The first-order chi connectivity index (χ1) is 65.1. The molecule has 0 aliphatic rings. The summed E-state index contributed by atoms with van der Waals surface area (Å²) in [5.41, 5.74) is 0. The zero-order valence-electron chi connectivity index (χ0n) is 89.2. The van der Waals surface area contributed by atoms with Crippen molar-refractivity contribution in [1.82, 2.24) is 29.4 Å². The fraction of sp³-hybridized carbons (Fsp3) is 0.864. The molecule has 0 saturated carbocycles. The molecule has 0 aliphatic heterocycles. The molecule has 3 amide bonds. The number of allylic oxidation sites excluding steroid dienone is 3. The second kappa shape index (κ2) is 104. The van der Waals surface area contributed by atoms with Crippen molar-refractivity contribution >= 4 is 86.8 Å². The molecule has 0 aromatic heterocycles. The van der Waals surface area contributed by atoms with Gasteiger partial charge in [0.05, 0.1) is 0 Å². The highest BCUT2D eigenvalue weighted by Crippen LogP contribution is 2.24. The third kappa shape index (κ3) is 94.9. The smallest absolute Gasteiger partial charge is 0.326 e. The average Bonchev–Trinajstić information content (AvgIpc) is 0.876. The van der Waals surface area contributed by atoms with Gasteiger partial charge in [-0.2, -0.15) is 0 Å².